The van der Waals surface area contributed by atoms with Gasteiger partial charge in [-0.3, -0.25) is 19.3 Å². The summed E-state index contributed by atoms with van der Waals surface area (Å²) in [4.78, 5) is 46.6. The van der Waals surface area contributed by atoms with E-state index in [0.29, 0.717) is 0 Å². The number of carbonyl (C=O) groups is 3. The van der Waals surface area contributed by atoms with Gasteiger partial charge < -0.3 is 14.4 Å². The van der Waals surface area contributed by atoms with Crippen LogP contribution in [-0.2, 0) is 23.9 Å². The molecule has 2 bridgehead atoms. The lowest BCUT2D eigenvalue weighted by Gasteiger charge is -2.60. The molecule has 6 rings (SSSR count). The maximum absolute atomic E-state index is 15.0. The Bertz CT molecular complexity index is 1550. The van der Waals surface area contributed by atoms with Crippen LogP contribution < -0.4 is 0 Å². The number of benzene rings is 4. The lowest BCUT2D eigenvalue weighted by molar-refractivity contribution is -0.202. The molecule has 7 nitrogen and oxygen atoms in total. The van der Waals surface area contributed by atoms with Gasteiger partial charge in [-0.15, -0.1) is 0 Å². The maximum Gasteiger partial charge on any atom is 0.322 e. The molecule has 0 aliphatic carbocycles. The molecule has 2 aliphatic rings. The molecule has 2 fully saturated rings. The fourth-order valence-electron chi connectivity index (χ4n) is 7.41. The number of esters is 2. The van der Waals surface area contributed by atoms with Crippen LogP contribution in [0.15, 0.2) is 84.9 Å². The Kier molecular flexibility index (Phi) is 6.24. The average Bonchev–Trinajstić information content (AvgIpc) is 2.97. The van der Waals surface area contributed by atoms with Crippen LogP contribution >= 0.6 is 0 Å². The van der Waals surface area contributed by atoms with Crippen LogP contribution in [0.2, 0.25) is 0 Å². The van der Waals surface area contributed by atoms with E-state index in [4.69, 9.17) is 9.47 Å². The monoisotopic (exact) mass is 536 g/mol. The number of likely N-dealkylation sites (tertiary alicyclic amines) is 2. The first-order valence-electron chi connectivity index (χ1n) is 13.4. The highest BCUT2D eigenvalue weighted by Gasteiger charge is 2.74. The Labute approximate surface area is 233 Å². The molecular formula is C33H32N2O5. The minimum absolute atomic E-state index is 0.115. The van der Waals surface area contributed by atoms with Crippen LogP contribution in [-0.4, -0.2) is 68.9 Å². The van der Waals surface area contributed by atoms with E-state index in [-0.39, 0.29) is 13.1 Å². The van der Waals surface area contributed by atoms with Gasteiger partial charge in [0.25, 0.3) is 0 Å². The lowest BCUT2D eigenvalue weighted by atomic mass is 9.54. The second-order valence-corrected chi connectivity index (χ2v) is 11.1. The molecule has 4 aromatic carbocycles. The molecule has 4 unspecified atom stereocenters. The number of fused-ring (bicyclic) bond motifs is 4. The van der Waals surface area contributed by atoms with Crippen molar-refractivity contribution in [1.82, 2.24) is 9.80 Å². The van der Waals surface area contributed by atoms with E-state index in [1.165, 1.54) is 14.2 Å². The summed E-state index contributed by atoms with van der Waals surface area (Å²) < 4.78 is 10.7. The van der Waals surface area contributed by atoms with E-state index in [0.717, 1.165) is 32.7 Å². The minimum Gasteiger partial charge on any atom is -0.468 e. The molecule has 0 radical (unpaired) electrons. The summed E-state index contributed by atoms with van der Waals surface area (Å²) in [6.45, 7) is 0.229. The van der Waals surface area contributed by atoms with Gasteiger partial charge in [-0.25, -0.2) is 0 Å². The van der Waals surface area contributed by atoms with Crippen LogP contribution in [0.4, 0.5) is 0 Å². The van der Waals surface area contributed by atoms with Crippen molar-refractivity contribution in [1.29, 1.82) is 0 Å². The van der Waals surface area contributed by atoms with Crippen LogP contribution in [0.1, 0.15) is 23.2 Å². The summed E-state index contributed by atoms with van der Waals surface area (Å²) in [5.41, 5.74) is -1.69. The molecular weight excluding hydrogens is 504 g/mol. The van der Waals surface area contributed by atoms with Gasteiger partial charge in [-0.05, 0) is 58.9 Å². The largest absolute Gasteiger partial charge is 0.468 e. The number of ketones is 1. The number of nitrogens with zero attached hydrogens (tertiary/aromatic N) is 2. The van der Waals surface area contributed by atoms with Crippen LogP contribution in [0, 0.1) is 10.8 Å². The SMILES string of the molecule is COC(=O)C12CN(C)CC(C(=O)OC)(C1=O)C(c1ccc3ccccc3c1)N(C)C2c1ccc2ccccc2c1. The van der Waals surface area contributed by atoms with E-state index in [1.54, 1.807) is 0 Å². The first kappa shape index (κ1) is 26.2. The van der Waals surface area contributed by atoms with Crippen molar-refractivity contribution in [3.05, 3.63) is 96.1 Å². The van der Waals surface area contributed by atoms with E-state index in [2.05, 4.69) is 0 Å². The van der Waals surface area contributed by atoms with Gasteiger partial charge in [0.1, 0.15) is 0 Å². The van der Waals surface area contributed by atoms with Gasteiger partial charge in [0.05, 0.1) is 26.3 Å². The van der Waals surface area contributed by atoms with E-state index in [1.807, 2.05) is 109 Å². The molecule has 2 aliphatic heterocycles. The zero-order valence-electron chi connectivity index (χ0n) is 23.1. The highest BCUT2D eigenvalue weighted by molar-refractivity contribution is 6.18. The third-order valence-electron chi connectivity index (χ3n) is 8.87. The molecule has 0 aromatic heterocycles. The highest BCUT2D eigenvalue weighted by atomic mass is 16.5. The van der Waals surface area contributed by atoms with Crippen molar-refractivity contribution in [3.63, 3.8) is 0 Å². The Morgan fingerprint density at radius 2 is 1.07 bits per heavy atom. The molecule has 0 spiro atoms. The molecule has 204 valence electrons. The molecule has 0 N–H and O–H groups in total. The Balaban J connectivity index is 1.66. The Morgan fingerprint density at radius 1 is 0.675 bits per heavy atom. The molecule has 4 aromatic rings. The van der Waals surface area contributed by atoms with Gasteiger partial charge in [0.2, 0.25) is 0 Å². The number of hydrogen-bond donors (Lipinski definition) is 0. The standard InChI is InChI=1S/C33H32N2O5/c1-34-19-32(30(37)39-3)27(25-15-13-21-9-5-7-11-23(21)17-25)35(2)28(33(20-34,29(32)36)31(38)40-4)26-16-14-22-10-6-8-12-24(22)18-26/h5-18,27-28H,19-20H2,1-4H3. The number of Topliss-reactive ketones (excluding diaryl/α,β-unsaturated/α-hetero) is 1. The van der Waals surface area contributed by atoms with Crippen molar-refractivity contribution in [2.24, 2.45) is 10.8 Å². The van der Waals surface area contributed by atoms with Gasteiger partial charge in [-0.2, -0.15) is 0 Å². The third-order valence-corrected chi connectivity index (χ3v) is 8.87. The van der Waals surface area contributed by atoms with Crippen LogP contribution in [0.3, 0.4) is 0 Å². The molecule has 0 saturated carbocycles. The minimum atomic E-state index is -1.65. The van der Waals surface area contributed by atoms with E-state index in [9.17, 15) is 14.4 Å². The number of methoxy groups -OCH3 is 2. The summed E-state index contributed by atoms with van der Waals surface area (Å²) in [5, 5.41) is 4.10. The number of ether oxygens (including phenoxy) is 2. The summed E-state index contributed by atoms with van der Waals surface area (Å²) >= 11 is 0. The quantitative estimate of drug-likeness (QED) is 0.280. The van der Waals surface area contributed by atoms with Gasteiger partial charge in [0, 0.05) is 13.1 Å². The van der Waals surface area contributed by atoms with Gasteiger partial charge in [-0.1, -0.05) is 72.8 Å². The smallest absolute Gasteiger partial charge is 0.322 e. The van der Waals surface area contributed by atoms with Crippen molar-refractivity contribution in [2.45, 2.75) is 12.1 Å². The summed E-state index contributed by atoms with van der Waals surface area (Å²) in [6, 6.07) is 26.6. The summed E-state index contributed by atoms with van der Waals surface area (Å²) in [5.74, 6) is -1.76. The van der Waals surface area contributed by atoms with Crippen LogP contribution in [0.25, 0.3) is 21.5 Å². The molecule has 2 heterocycles. The Morgan fingerprint density at radius 3 is 1.48 bits per heavy atom. The first-order valence-corrected chi connectivity index (χ1v) is 13.4. The zero-order valence-corrected chi connectivity index (χ0v) is 23.1. The predicted molar refractivity (Wildman–Crippen MR) is 153 cm³/mol. The third kappa shape index (κ3) is 3.54. The van der Waals surface area contributed by atoms with Crippen molar-refractivity contribution < 1.29 is 23.9 Å². The number of rotatable bonds is 4. The number of piperidine rings is 2. The van der Waals surface area contributed by atoms with E-state index < -0.39 is 40.6 Å². The fraction of sp³-hybridized carbons (Fsp3) is 0.303. The highest BCUT2D eigenvalue weighted by Crippen LogP contribution is 2.60. The molecule has 40 heavy (non-hydrogen) atoms. The van der Waals surface area contributed by atoms with Gasteiger partial charge >= 0.3 is 11.9 Å². The average molecular weight is 537 g/mol. The Hall–Kier alpha value is -4.07. The fourth-order valence-corrected chi connectivity index (χ4v) is 7.41. The van der Waals surface area contributed by atoms with E-state index >= 15 is 0 Å². The van der Waals surface area contributed by atoms with Gasteiger partial charge in [0.15, 0.2) is 16.6 Å². The molecule has 2 saturated heterocycles. The summed E-state index contributed by atoms with van der Waals surface area (Å²) in [6.07, 6.45) is 0. The lowest BCUT2D eigenvalue weighted by Crippen LogP contribution is -2.75. The molecule has 0 amide bonds. The van der Waals surface area contributed by atoms with Crippen molar-refractivity contribution in [2.75, 3.05) is 41.4 Å². The zero-order chi connectivity index (χ0) is 28.2. The van der Waals surface area contributed by atoms with Crippen molar-refractivity contribution >= 4 is 39.3 Å². The van der Waals surface area contributed by atoms with Crippen LogP contribution in [0.5, 0.6) is 0 Å². The molecule has 7 heteroatoms. The second-order valence-electron chi connectivity index (χ2n) is 11.1. The summed E-state index contributed by atoms with van der Waals surface area (Å²) in [7, 11) is 6.33. The maximum atomic E-state index is 15.0. The second kappa shape index (κ2) is 9.54. The predicted octanol–water partition coefficient (Wildman–Crippen LogP) is 4.55. The normalized spacial score (nSPS) is 27.1. The first-order chi connectivity index (χ1) is 19.3. The molecule has 4 atom stereocenters. The number of hydrogen-bond acceptors (Lipinski definition) is 7. The topological polar surface area (TPSA) is 76.1 Å². The number of carbonyl (C=O) groups excluding carboxylic acids is 3. The van der Waals surface area contributed by atoms with Crippen molar-refractivity contribution in [3.8, 4) is 0 Å².